The molecular weight excluding hydrogens is 268 g/mol. The fraction of sp³-hybridized carbons (Fsp3) is 0.250. The molecule has 0 saturated heterocycles. The number of aromatic nitrogens is 1. The first kappa shape index (κ1) is 11.2. The van der Waals surface area contributed by atoms with E-state index in [9.17, 15) is 4.79 Å². The second-order valence-corrected chi connectivity index (χ2v) is 4.85. The third-order valence-corrected chi connectivity index (χ3v) is 3.03. The Bertz CT molecular complexity index is 531. The molecule has 0 unspecified atom stereocenters. The van der Waals surface area contributed by atoms with Crippen molar-refractivity contribution in [1.82, 2.24) is 9.47 Å². The fourth-order valence-corrected chi connectivity index (χ4v) is 1.93. The van der Waals surface area contributed by atoms with E-state index in [-0.39, 0.29) is 5.91 Å². The number of likely N-dealkylation sites (N-methyl/N-ethyl adjacent to an activating group) is 1. The molecule has 2 aromatic rings. The van der Waals surface area contributed by atoms with Crippen molar-refractivity contribution in [1.29, 1.82) is 0 Å². The van der Waals surface area contributed by atoms with E-state index in [1.165, 1.54) is 0 Å². The van der Waals surface area contributed by atoms with Gasteiger partial charge in [0.2, 0.25) is 5.91 Å². The Kier molecular flexibility index (Phi) is 3.01. The summed E-state index contributed by atoms with van der Waals surface area (Å²) in [6.07, 6.45) is 1.94. The summed E-state index contributed by atoms with van der Waals surface area (Å²) < 4.78 is 2.99. The topological polar surface area (TPSA) is 25.2 Å². The summed E-state index contributed by atoms with van der Waals surface area (Å²) in [4.78, 5) is 13.2. The SMILES string of the molecule is CN(C)C(=O)Cn1ccc2ccc(Br)cc21. The summed E-state index contributed by atoms with van der Waals surface area (Å²) in [6.45, 7) is 0.382. The lowest BCUT2D eigenvalue weighted by Crippen LogP contribution is -2.25. The molecule has 0 spiro atoms. The zero-order valence-electron chi connectivity index (χ0n) is 9.27. The Hall–Kier alpha value is -1.29. The average molecular weight is 281 g/mol. The molecule has 3 nitrogen and oxygen atoms in total. The Morgan fingerprint density at radius 1 is 1.38 bits per heavy atom. The van der Waals surface area contributed by atoms with Crippen LogP contribution in [0.25, 0.3) is 10.9 Å². The van der Waals surface area contributed by atoms with Gasteiger partial charge in [0.15, 0.2) is 0 Å². The minimum atomic E-state index is 0.0949. The minimum absolute atomic E-state index is 0.0949. The Morgan fingerprint density at radius 3 is 2.81 bits per heavy atom. The molecule has 0 atom stereocenters. The van der Waals surface area contributed by atoms with Gasteiger partial charge in [-0.05, 0) is 23.6 Å². The number of halogens is 1. The van der Waals surface area contributed by atoms with Crippen LogP contribution in [0.1, 0.15) is 0 Å². The van der Waals surface area contributed by atoms with Crippen molar-refractivity contribution < 1.29 is 4.79 Å². The number of benzene rings is 1. The summed E-state index contributed by atoms with van der Waals surface area (Å²) in [5.74, 6) is 0.0949. The van der Waals surface area contributed by atoms with Gasteiger partial charge in [-0.15, -0.1) is 0 Å². The highest BCUT2D eigenvalue weighted by Gasteiger charge is 2.07. The molecule has 16 heavy (non-hydrogen) atoms. The molecule has 1 heterocycles. The number of carbonyl (C=O) groups is 1. The normalized spacial score (nSPS) is 10.7. The van der Waals surface area contributed by atoms with Crippen molar-refractivity contribution in [2.45, 2.75) is 6.54 Å². The van der Waals surface area contributed by atoms with Crippen LogP contribution < -0.4 is 0 Å². The first-order valence-corrected chi connectivity index (χ1v) is 5.82. The minimum Gasteiger partial charge on any atom is -0.347 e. The summed E-state index contributed by atoms with van der Waals surface area (Å²) >= 11 is 3.44. The van der Waals surface area contributed by atoms with Crippen LogP contribution in [-0.2, 0) is 11.3 Å². The van der Waals surface area contributed by atoms with Crippen LogP contribution in [0.5, 0.6) is 0 Å². The Balaban J connectivity index is 2.38. The maximum Gasteiger partial charge on any atom is 0.241 e. The van der Waals surface area contributed by atoms with Crippen molar-refractivity contribution in [3.05, 3.63) is 34.9 Å². The second kappa shape index (κ2) is 4.29. The van der Waals surface area contributed by atoms with Gasteiger partial charge in [-0.2, -0.15) is 0 Å². The number of rotatable bonds is 2. The number of hydrogen-bond donors (Lipinski definition) is 0. The van der Waals surface area contributed by atoms with Crippen molar-refractivity contribution in [2.75, 3.05) is 14.1 Å². The van der Waals surface area contributed by atoms with Crippen molar-refractivity contribution in [3.8, 4) is 0 Å². The van der Waals surface area contributed by atoms with Gasteiger partial charge in [0.1, 0.15) is 6.54 Å². The lowest BCUT2D eigenvalue weighted by molar-refractivity contribution is -0.129. The van der Waals surface area contributed by atoms with Crippen LogP contribution in [0, 0.1) is 0 Å². The lowest BCUT2D eigenvalue weighted by atomic mass is 10.2. The Morgan fingerprint density at radius 2 is 2.12 bits per heavy atom. The molecular formula is C12H13BrN2O. The van der Waals surface area contributed by atoms with Crippen LogP contribution in [-0.4, -0.2) is 29.5 Å². The maximum absolute atomic E-state index is 11.6. The maximum atomic E-state index is 11.6. The van der Waals surface area contributed by atoms with Crippen LogP contribution in [0.15, 0.2) is 34.9 Å². The number of carbonyl (C=O) groups excluding carboxylic acids is 1. The van der Waals surface area contributed by atoms with Crippen LogP contribution in [0.3, 0.4) is 0 Å². The molecule has 4 heteroatoms. The van der Waals surface area contributed by atoms with E-state index in [1.54, 1.807) is 19.0 Å². The molecule has 1 aromatic heterocycles. The molecule has 84 valence electrons. The third kappa shape index (κ3) is 2.11. The molecule has 0 aliphatic heterocycles. The van der Waals surface area contributed by atoms with E-state index in [0.717, 1.165) is 15.4 Å². The van der Waals surface area contributed by atoms with Gasteiger partial charge in [0.05, 0.1) is 0 Å². The number of amides is 1. The van der Waals surface area contributed by atoms with E-state index in [2.05, 4.69) is 15.9 Å². The van der Waals surface area contributed by atoms with Gasteiger partial charge < -0.3 is 9.47 Å². The van der Waals surface area contributed by atoms with Crippen molar-refractivity contribution in [2.24, 2.45) is 0 Å². The highest BCUT2D eigenvalue weighted by Crippen LogP contribution is 2.20. The van der Waals surface area contributed by atoms with Crippen LogP contribution in [0.4, 0.5) is 0 Å². The number of nitrogens with zero attached hydrogens (tertiary/aromatic N) is 2. The third-order valence-electron chi connectivity index (χ3n) is 2.54. The van der Waals surface area contributed by atoms with Crippen molar-refractivity contribution in [3.63, 3.8) is 0 Å². The van der Waals surface area contributed by atoms with Crippen LogP contribution >= 0.6 is 15.9 Å². The van der Waals surface area contributed by atoms with Gasteiger partial charge in [-0.3, -0.25) is 4.79 Å². The van der Waals surface area contributed by atoms with E-state index < -0.39 is 0 Å². The van der Waals surface area contributed by atoms with Gasteiger partial charge in [0, 0.05) is 30.3 Å². The predicted octanol–water partition coefficient (Wildman–Crippen LogP) is 2.49. The summed E-state index contributed by atoms with van der Waals surface area (Å²) in [5, 5.41) is 1.15. The summed E-state index contributed by atoms with van der Waals surface area (Å²) in [5.41, 5.74) is 1.07. The van der Waals surface area contributed by atoms with E-state index >= 15 is 0 Å². The monoisotopic (exact) mass is 280 g/mol. The smallest absolute Gasteiger partial charge is 0.241 e. The Labute approximate surface area is 103 Å². The summed E-state index contributed by atoms with van der Waals surface area (Å²) in [6, 6.07) is 8.08. The van der Waals surface area contributed by atoms with Gasteiger partial charge in [-0.1, -0.05) is 22.0 Å². The van der Waals surface area contributed by atoms with Gasteiger partial charge >= 0.3 is 0 Å². The fourth-order valence-electron chi connectivity index (χ4n) is 1.58. The zero-order chi connectivity index (χ0) is 11.7. The molecule has 1 aromatic carbocycles. The highest BCUT2D eigenvalue weighted by molar-refractivity contribution is 9.10. The number of hydrogen-bond acceptors (Lipinski definition) is 1. The second-order valence-electron chi connectivity index (χ2n) is 3.93. The molecule has 0 N–H and O–H groups in total. The molecule has 0 radical (unpaired) electrons. The molecule has 0 saturated carbocycles. The zero-order valence-corrected chi connectivity index (χ0v) is 10.9. The predicted molar refractivity (Wildman–Crippen MR) is 68.3 cm³/mol. The largest absolute Gasteiger partial charge is 0.347 e. The van der Waals surface area contributed by atoms with Gasteiger partial charge in [-0.25, -0.2) is 0 Å². The molecule has 0 aliphatic rings. The highest BCUT2D eigenvalue weighted by atomic mass is 79.9. The van der Waals surface area contributed by atoms with Crippen molar-refractivity contribution >= 4 is 32.7 Å². The molecule has 0 bridgehead atoms. The standard InChI is InChI=1S/C12H13BrN2O/c1-14(2)12(16)8-15-6-5-9-3-4-10(13)7-11(9)15/h3-7H,8H2,1-2H3. The van der Waals surface area contributed by atoms with Crippen LogP contribution in [0.2, 0.25) is 0 Å². The van der Waals surface area contributed by atoms with E-state index in [4.69, 9.17) is 0 Å². The number of fused-ring (bicyclic) bond motifs is 1. The molecule has 2 rings (SSSR count). The summed E-state index contributed by atoms with van der Waals surface area (Å²) in [7, 11) is 3.54. The van der Waals surface area contributed by atoms with E-state index in [0.29, 0.717) is 6.54 Å². The average Bonchev–Trinajstić information content (AvgIpc) is 2.61. The first-order chi connectivity index (χ1) is 7.58. The molecule has 1 amide bonds. The molecule has 0 fully saturated rings. The van der Waals surface area contributed by atoms with E-state index in [1.807, 2.05) is 35.0 Å². The lowest BCUT2D eigenvalue weighted by Gasteiger charge is -2.11. The molecule has 0 aliphatic carbocycles. The first-order valence-electron chi connectivity index (χ1n) is 5.02. The quantitative estimate of drug-likeness (QED) is 0.830. The van der Waals surface area contributed by atoms with Gasteiger partial charge in [0.25, 0.3) is 0 Å².